The van der Waals surface area contributed by atoms with Crippen LogP contribution in [0.4, 0.5) is 0 Å². The van der Waals surface area contributed by atoms with E-state index in [1.807, 2.05) is 18.3 Å². The summed E-state index contributed by atoms with van der Waals surface area (Å²) in [5.74, 6) is 0. The minimum atomic E-state index is 0.456. The van der Waals surface area contributed by atoms with Gasteiger partial charge in [0.1, 0.15) is 0 Å². The Kier molecular flexibility index (Phi) is 4.11. The standard InChI is InChI=1S/C12H15IN4/c1-9(2)14-7-11-8-17(16-15-11)12-5-3-4-10(13)6-12/h3-6,8-9,14H,7H2,1-2H3. The highest BCUT2D eigenvalue weighted by molar-refractivity contribution is 14.1. The zero-order valence-corrected chi connectivity index (χ0v) is 12.0. The van der Waals surface area contributed by atoms with E-state index in [4.69, 9.17) is 0 Å². The molecule has 0 atom stereocenters. The van der Waals surface area contributed by atoms with Gasteiger partial charge in [-0.25, -0.2) is 4.68 Å². The molecule has 2 aromatic rings. The van der Waals surface area contributed by atoms with Gasteiger partial charge in [0.2, 0.25) is 0 Å². The molecule has 0 aliphatic carbocycles. The third-order valence-corrected chi connectivity index (χ3v) is 2.98. The average Bonchev–Trinajstić information content (AvgIpc) is 2.75. The number of aromatic nitrogens is 3. The lowest BCUT2D eigenvalue weighted by Gasteiger charge is -2.04. The molecule has 90 valence electrons. The lowest BCUT2D eigenvalue weighted by atomic mass is 10.3. The van der Waals surface area contributed by atoms with E-state index in [-0.39, 0.29) is 0 Å². The van der Waals surface area contributed by atoms with Gasteiger partial charge in [0.05, 0.1) is 17.6 Å². The Hall–Kier alpha value is -0.950. The maximum Gasteiger partial charge on any atom is 0.0969 e. The summed E-state index contributed by atoms with van der Waals surface area (Å²) >= 11 is 2.29. The third-order valence-electron chi connectivity index (χ3n) is 2.31. The maximum absolute atomic E-state index is 4.14. The van der Waals surface area contributed by atoms with Crippen LogP contribution in [0.5, 0.6) is 0 Å². The first-order chi connectivity index (χ1) is 8.15. The Morgan fingerprint density at radius 3 is 2.94 bits per heavy atom. The Bertz CT molecular complexity index is 493. The molecule has 1 N–H and O–H groups in total. The monoisotopic (exact) mass is 342 g/mol. The first kappa shape index (κ1) is 12.5. The second-order valence-electron chi connectivity index (χ2n) is 4.17. The van der Waals surface area contributed by atoms with Crippen LogP contribution < -0.4 is 5.32 Å². The summed E-state index contributed by atoms with van der Waals surface area (Å²) in [4.78, 5) is 0. The molecule has 0 radical (unpaired) electrons. The smallest absolute Gasteiger partial charge is 0.0969 e. The second-order valence-corrected chi connectivity index (χ2v) is 5.42. The number of nitrogens with one attached hydrogen (secondary N) is 1. The zero-order chi connectivity index (χ0) is 12.3. The van der Waals surface area contributed by atoms with Crippen LogP contribution >= 0.6 is 22.6 Å². The largest absolute Gasteiger partial charge is 0.309 e. The first-order valence-electron chi connectivity index (χ1n) is 5.55. The van der Waals surface area contributed by atoms with Gasteiger partial charge in [-0.2, -0.15) is 0 Å². The van der Waals surface area contributed by atoms with Crippen LogP contribution in [0.15, 0.2) is 30.5 Å². The molecule has 0 aliphatic heterocycles. The molecular weight excluding hydrogens is 327 g/mol. The van der Waals surface area contributed by atoms with Crippen LogP contribution in [0.3, 0.4) is 0 Å². The number of benzene rings is 1. The van der Waals surface area contributed by atoms with Gasteiger partial charge >= 0.3 is 0 Å². The number of rotatable bonds is 4. The molecule has 0 unspecified atom stereocenters. The highest BCUT2D eigenvalue weighted by Gasteiger charge is 2.03. The molecule has 1 aromatic heterocycles. The van der Waals surface area contributed by atoms with Crippen molar-refractivity contribution >= 4 is 22.6 Å². The summed E-state index contributed by atoms with van der Waals surface area (Å²) in [6, 6.07) is 8.64. The van der Waals surface area contributed by atoms with Crippen LogP contribution in [-0.2, 0) is 6.54 Å². The predicted molar refractivity (Wildman–Crippen MR) is 76.1 cm³/mol. The maximum atomic E-state index is 4.14. The normalized spacial score (nSPS) is 11.1. The molecule has 0 fully saturated rings. The number of hydrogen-bond acceptors (Lipinski definition) is 3. The molecule has 17 heavy (non-hydrogen) atoms. The summed E-state index contributed by atoms with van der Waals surface area (Å²) in [6.45, 7) is 4.98. The molecule has 4 nitrogen and oxygen atoms in total. The van der Waals surface area contributed by atoms with Gasteiger partial charge in [0.15, 0.2) is 0 Å². The minimum absolute atomic E-state index is 0.456. The fourth-order valence-corrected chi connectivity index (χ4v) is 1.96. The van der Waals surface area contributed by atoms with Gasteiger partial charge < -0.3 is 5.32 Å². The van der Waals surface area contributed by atoms with Crippen molar-refractivity contribution in [1.29, 1.82) is 0 Å². The van der Waals surface area contributed by atoms with E-state index >= 15 is 0 Å². The van der Waals surface area contributed by atoms with Crippen molar-refractivity contribution in [3.63, 3.8) is 0 Å². The van der Waals surface area contributed by atoms with Gasteiger partial charge in [-0.05, 0) is 40.8 Å². The van der Waals surface area contributed by atoms with Crippen molar-refractivity contribution in [2.75, 3.05) is 0 Å². The van der Waals surface area contributed by atoms with Crippen molar-refractivity contribution in [2.24, 2.45) is 0 Å². The predicted octanol–water partition coefficient (Wildman–Crippen LogP) is 2.37. The van der Waals surface area contributed by atoms with Crippen LogP contribution in [0.25, 0.3) is 5.69 Å². The van der Waals surface area contributed by atoms with Crippen molar-refractivity contribution in [2.45, 2.75) is 26.4 Å². The van der Waals surface area contributed by atoms with E-state index in [0.29, 0.717) is 6.04 Å². The topological polar surface area (TPSA) is 42.7 Å². The summed E-state index contributed by atoms with van der Waals surface area (Å²) < 4.78 is 3.00. The molecule has 1 aromatic carbocycles. The Morgan fingerprint density at radius 2 is 2.24 bits per heavy atom. The van der Waals surface area contributed by atoms with Crippen LogP contribution in [-0.4, -0.2) is 21.0 Å². The van der Waals surface area contributed by atoms with Crippen molar-refractivity contribution in [3.8, 4) is 5.69 Å². The van der Waals surface area contributed by atoms with Gasteiger partial charge in [0.25, 0.3) is 0 Å². The molecule has 0 bridgehead atoms. The Balaban J connectivity index is 2.12. The van der Waals surface area contributed by atoms with Gasteiger partial charge in [-0.1, -0.05) is 25.1 Å². The Morgan fingerprint density at radius 1 is 1.41 bits per heavy atom. The molecule has 0 amide bonds. The van der Waals surface area contributed by atoms with E-state index < -0.39 is 0 Å². The summed E-state index contributed by atoms with van der Waals surface area (Å²) in [5, 5.41) is 11.6. The molecule has 0 saturated carbocycles. The van der Waals surface area contributed by atoms with Crippen molar-refractivity contribution in [3.05, 3.63) is 39.7 Å². The molecule has 0 aliphatic rings. The van der Waals surface area contributed by atoms with Crippen LogP contribution in [0, 0.1) is 3.57 Å². The van der Waals surface area contributed by atoms with Gasteiger partial charge in [0, 0.05) is 16.2 Å². The van der Waals surface area contributed by atoms with Crippen molar-refractivity contribution in [1.82, 2.24) is 20.3 Å². The highest BCUT2D eigenvalue weighted by atomic mass is 127. The number of nitrogens with zero attached hydrogens (tertiary/aromatic N) is 3. The van der Waals surface area contributed by atoms with Crippen LogP contribution in [0.1, 0.15) is 19.5 Å². The van der Waals surface area contributed by atoms with Crippen LogP contribution in [0.2, 0.25) is 0 Å². The average molecular weight is 342 g/mol. The summed E-state index contributed by atoms with van der Waals surface area (Å²) in [7, 11) is 0. The lowest BCUT2D eigenvalue weighted by Crippen LogP contribution is -2.21. The third kappa shape index (κ3) is 3.50. The van der Waals surface area contributed by atoms with E-state index in [1.165, 1.54) is 3.57 Å². The SMILES string of the molecule is CC(C)NCc1cn(-c2cccc(I)c2)nn1. The van der Waals surface area contributed by atoms with E-state index in [2.05, 4.69) is 64.2 Å². The zero-order valence-electron chi connectivity index (χ0n) is 9.89. The van der Waals surface area contributed by atoms with Crippen molar-refractivity contribution < 1.29 is 0 Å². The number of hydrogen-bond donors (Lipinski definition) is 1. The second kappa shape index (κ2) is 5.59. The molecule has 0 saturated heterocycles. The molecule has 5 heteroatoms. The van der Waals surface area contributed by atoms with E-state index in [9.17, 15) is 0 Å². The number of halogens is 1. The molecule has 0 spiro atoms. The van der Waals surface area contributed by atoms with Gasteiger partial charge in [-0.15, -0.1) is 5.10 Å². The highest BCUT2D eigenvalue weighted by Crippen LogP contribution is 2.11. The molecular formula is C12H15IN4. The minimum Gasteiger partial charge on any atom is -0.309 e. The lowest BCUT2D eigenvalue weighted by molar-refractivity contribution is 0.580. The molecule has 1 heterocycles. The fourth-order valence-electron chi connectivity index (χ4n) is 1.43. The fraction of sp³-hybridized carbons (Fsp3) is 0.333. The Labute approximate surface area is 115 Å². The first-order valence-corrected chi connectivity index (χ1v) is 6.63. The van der Waals surface area contributed by atoms with E-state index in [0.717, 1.165) is 17.9 Å². The quantitative estimate of drug-likeness (QED) is 0.868. The van der Waals surface area contributed by atoms with E-state index in [1.54, 1.807) is 4.68 Å². The van der Waals surface area contributed by atoms with Gasteiger partial charge in [-0.3, -0.25) is 0 Å². The molecule has 2 rings (SSSR count). The summed E-state index contributed by atoms with van der Waals surface area (Å²) in [5.41, 5.74) is 2.00. The summed E-state index contributed by atoms with van der Waals surface area (Å²) in [6.07, 6.45) is 1.96.